The number of carboxylic acid groups (broad SMARTS) is 1. The van der Waals surface area contributed by atoms with Crippen LogP contribution in [-0.4, -0.2) is 11.1 Å². The monoisotopic (exact) mass is 351 g/mol. The molecule has 1 aromatic rings. The van der Waals surface area contributed by atoms with Crippen LogP contribution < -0.4 is 0 Å². The molecular weight excluding hydrogens is 349 g/mol. The topological polar surface area (TPSA) is 61.1 Å². The van der Waals surface area contributed by atoms with Crippen molar-refractivity contribution < 1.29 is 9.90 Å². The lowest BCUT2D eigenvalue weighted by Crippen LogP contribution is -1.99. The van der Waals surface area contributed by atoms with Gasteiger partial charge in [-0.2, -0.15) is 5.26 Å². The molecular formula is C8H3BrINO2. The Morgan fingerprint density at radius 2 is 2.23 bits per heavy atom. The number of benzene rings is 1. The molecule has 66 valence electrons. The number of rotatable bonds is 1. The van der Waals surface area contributed by atoms with E-state index in [1.807, 2.05) is 28.7 Å². The van der Waals surface area contributed by atoms with Crippen LogP contribution in [0.15, 0.2) is 16.6 Å². The summed E-state index contributed by atoms with van der Waals surface area (Å²) >= 11 is 5.12. The molecule has 0 aromatic heterocycles. The summed E-state index contributed by atoms with van der Waals surface area (Å²) in [6.07, 6.45) is 0. The van der Waals surface area contributed by atoms with Gasteiger partial charge in [-0.3, -0.25) is 0 Å². The number of carbonyl (C=O) groups is 1. The SMILES string of the molecule is N#Cc1cc(I)c(Br)c(C(=O)O)c1. The van der Waals surface area contributed by atoms with Crippen LogP contribution in [0, 0.1) is 14.9 Å². The highest BCUT2D eigenvalue weighted by atomic mass is 127. The minimum Gasteiger partial charge on any atom is -0.478 e. The zero-order chi connectivity index (χ0) is 10.0. The lowest BCUT2D eigenvalue weighted by atomic mass is 10.1. The average Bonchev–Trinajstić information content (AvgIpc) is 2.09. The van der Waals surface area contributed by atoms with Crippen molar-refractivity contribution in [2.45, 2.75) is 0 Å². The van der Waals surface area contributed by atoms with Crippen LogP contribution in [0.5, 0.6) is 0 Å². The molecule has 1 N–H and O–H groups in total. The maximum absolute atomic E-state index is 10.7. The third-order valence-corrected chi connectivity index (χ3v) is 3.83. The number of aromatic carboxylic acids is 1. The van der Waals surface area contributed by atoms with Crippen LogP contribution in [0.2, 0.25) is 0 Å². The summed E-state index contributed by atoms with van der Waals surface area (Å²) in [6, 6.07) is 4.87. The van der Waals surface area contributed by atoms with Crippen LogP contribution in [0.3, 0.4) is 0 Å². The molecule has 13 heavy (non-hydrogen) atoms. The molecule has 0 saturated carbocycles. The smallest absolute Gasteiger partial charge is 0.336 e. The van der Waals surface area contributed by atoms with Gasteiger partial charge < -0.3 is 5.11 Å². The first-order valence-corrected chi connectivity index (χ1v) is 5.06. The van der Waals surface area contributed by atoms with Gasteiger partial charge in [-0.1, -0.05) is 0 Å². The fourth-order valence-electron chi connectivity index (χ4n) is 0.809. The van der Waals surface area contributed by atoms with Crippen molar-refractivity contribution in [3.05, 3.63) is 31.3 Å². The van der Waals surface area contributed by atoms with Crippen LogP contribution in [-0.2, 0) is 0 Å². The quantitative estimate of drug-likeness (QED) is 0.791. The lowest BCUT2D eigenvalue weighted by Gasteiger charge is -2.01. The highest BCUT2D eigenvalue weighted by molar-refractivity contribution is 14.1. The number of hydrogen-bond acceptors (Lipinski definition) is 2. The second kappa shape index (κ2) is 4.07. The first-order valence-electron chi connectivity index (χ1n) is 3.18. The van der Waals surface area contributed by atoms with E-state index in [9.17, 15) is 4.79 Å². The fourth-order valence-corrected chi connectivity index (χ4v) is 1.83. The zero-order valence-electron chi connectivity index (χ0n) is 6.21. The second-order valence-corrected chi connectivity index (χ2v) is 4.19. The van der Waals surface area contributed by atoms with Crippen LogP contribution >= 0.6 is 38.5 Å². The fraction of sp³-hybridized carbons (Fsp3) is 0. The Labute approximate surface area is 96.6 Å². The normalized spacial score (nSPS) is 9.31. The van der Waals surface area contributed by atoms with E-state index in [0.717, 1.165) is 0 Å². The van der Waals surface area contributed by atoms with Crippen molar-refractivity contribution in [1.29, 1.82) is 5.26 Å². The van der Waals surface area contributed by atoms with Gasteiger partial charge in [0, 0.05) is 8.04 Å². The van der Waals surface area contributed by atoms with Gasteiger partial charge in [0.25, 0.3) is 0 Å². The van der Waals surface area contributed by atoms with Crippen molar-refractivity contribution in [2.75, 3.05) is 0 Å². The highest BCUT2D eigenvalue weighted by Gasteiger charge is 2.12. The number of nitrogens with zero attached hydrogens (tertiary/aromatic N) is 1. The van der Waals surface area contributed by atoms with Crippen LogP contribution in [0.1, 0.15) is 15.9 Å². The summed E-state index contributed by atoms with van der Waals surface area (Å²) in [7, 11) is 0. The molecule has 0 aliphatic carbocycles. The Balaban J connectivity index is 3.44. The number of hydrogen-bond donors (Lipinski definition) is 1. The van der Waals surface area contributed by atoms with E-state index in [2.05, 4.69) is 15.9 Å². The number of nitriles is 1. The highest BCUT2D eigenvalue weighted by Crippen LogP contribution is 2.25. The Morgan fingerprint density at radius 3 is 2.69 bits per heavy atom. The molecule has 0 bridgehead atoms. The van der Waals surface area contributed by atoms with Gasteiger partial charge in [0.2, 0.25) is 0 Å². The van der Waals surface area contributed by atoms with E-state index in [0.29, 0.717) is 13.6 Å². The van der Waals surface area contributed by atoms with E-state index >= 15 is 0 Å². The van der Waals surface area contributed by atoms with Gasteiger partial charge in [0.05, 0.1) is 17.2 Å². The predicted molar refractivity (Wildman–Crippen MR) is 58.5 cm³/mol. The van der Waals surface area contributed by atoms with E-state index in [-0.39, 0.29) is 5.56 Å². The Morgan fingerprint density at radius 1 is 1.62 bits per heavy atom. The summed E-state index contributed by atoms with van der Waals surface area (Å²) in [6.45, 7) is 0. The van der Waals surface area contributed by atoms with Crippen molar-refractivity contribution in [2.24, 2.45) is 0 Å². The lowest BCUT2D eigenvalue weighted by molar-refractivity contribution is 0.0695. The van der Waals surface area contributed by atoms with E-state index < -0.39 is 5.97 Å². The summed E-state index contributed by atoms with van der Waals surface area (Å²) in [4.78, 5) is 10.7. The molecule has 5 heteroatoms. The van der Waals surface area contributed by atoms with Crippen molar-refractivity contribution in [3.63, 3.8) is 0 Å². The van der Waals surface area contributed by atoms with Gasteiger partial charge in [0.1, 0.15) is 0 Å². The Kier molecular flexibility index (Phi) is 3.27. The summed E-state index contributed by atoms with van der Waals surface area (Å²) in [5.41, 5.74) is 0.466. The molecule has 1 aromatic carbocycles. The van der Waals surface area contributed by atoms with Gasteiger partial charge in [0.15, 0.2) is 0 Å². The second-order valence-electron chi connectivity index (χ2n) is 2.24. The first kappa shape index (κ1) is 10.5. The molecule has 0 aliphatic heterocycles. The molecule has 3 nitrogen and oxygen atoms in total. The van der Waals surface area contributed by atoms with Crippen LogP contribution in [0.4, 0.5) is 0 Å². The third-order valence-electron chi connectivity index (χ3n) is 1.39. The molecule has 0 radical (unpaired) electrons. The maximum Gasteiger partial charge on any atom is 0.336 e. The van der Waals surface area contributed by atoms with Crippen molar-refractivity contribution in [3.8, 4) is 6.07 Å². The molecule has 0 fully saturated rings. The minimum atomic E-state index is -1.04. The third kappa shape index (κ3) is 2.19. The number of halogens is 2. The summed E-state index contributed by atoms with van der Waals surface area (Å²) in [5, 5.41) is 17.4. The Hall–Kier alpha value is -0.610. The molecule has 0 heterocycles. The summed E-state index contributed by atoms with van der Waals surface area (Å²) < 4.78 is 1.23. The standard InChI is InChI=1S/C8H3BrINO2/c9-7-5(8(12)13)1-4(3-11)2-6(7)10/h1-2H,(H,12,13). The summed E-state index contributed by atoms with van der Waals surface area (Å²) in [5.74, 6) is -1.04. The van der Waals surface area contributed by atoms with Gasteiger partial charge in [-0.15, -0.1) is 0 Å². The predicted octanol–water partition coefficient (Wildman–Crippen LogP) is 2.62. The van der Waals surface area contributed by atoms with Crippen molar-refractivity contribution in [1.82, 2.24) is 0 Å². The van der Waals surface area contributed by atoms with E-state index in [1.54, 1.807) is 6.07 Å². The molecule has 1 rings (SSSR count). The molecule has 0 atom stereocenters. The Bertz CT molecular complexity index is 411. The van der Waals surface area contributed by atoms with Gasteiger partial charge >= 0.3 is 5.97 Å². The largest absolute Gasteiger partial charge is 0.478 e. The maximum atomic E-state index is 10.7. The van der Waals surface area contributed by atoms with E-state index in [1.165, 1.54) is 6.07 Å². The van der Waals surface area contributed by atoms with Crippen molar-refractivity contribution >= 4 is 44.5 Å². The molecule has 0 aliphatic rings. The number of carboxylic acids is 1. The van der Waals surface area contributed by atoms with Gasteiger partial charge in [-0.25, -0.2) is 4.79 Å². The van der Waals surface area contributed by atoms with Gasteiger partial charge in [-0.05, 0) is 50.7 Å². The molecule has 0 unspecified atom stereocenters. The molecule has 0 saturated heterocycles. The zero-order valence-corrected chi connectivity index (χ0v) is 9.96. The van der Waals surface area contributed by atoms with E-state index in [4.69, 9.17) is 10.4 Å². The molecule has 0 spiro atoms. The average molecular weight is 352 g/mol. The van der Waals surface area contributed by atoms with Crippen LogP contribution in [0.25, 0.3) is 0 Å². The first-order chi connectivity index (χ1) is 6.06. The minimum absolute atomic E-state index is 0.114. The molecule has 0 amide bonds.